The highest BCUT2D eigenvalue weighted by Gasteiger charge is 2.25. The highest BCUT2D eigenvalue weighted by Crippen LogP contribution is 2.29. The minimum Gasteiger partial charge on any atom is -0.463 e. The van der Waals surface area contributed by atoms with Crippen molar-refractivity contribution in [2.75, 3.05) is 11.4 Å². The van der Waals surface area contributed by atoms with E-state index in [1.165, 1.54) is 0 Å². The Morgan fingerprint density at radius 2 is 2.53 bits per heavy atom. The molecule has 1 N–H and O–H groups in total. The second-order valence-corrected chi connectivity index (χ2v) is 6.01. The van der Waals surface area contributed by atoms with E-state index in [0.717, 1.165) is 29.4 Å². The van der Waals surface area contributed by atoms with E-state index in [2.05, 4.69) is 20.8 Å². The summed E-state index contributed by atoms with van der Waals surface area (Å²) in [5.41, 5.74) is 0.786. The molecule has 0 radical (unpaired) electrons. The van der Waals surface area contributed by atoms with Gasteiger partial charge in [-0.2, -0.15) is 0 Å². The fourth-order valence-corrected chi connectivity index (χ4v) is 3.43. The second-order valence-electron chi connectivity index (χ2n) is 4.21. The van der Waals surface area contributed by atoms with Gasteiger partial charge in [0.05, 0.1) is 11.9 Å². The third-order valence-corrected chi connectivity index (χ3v) is 4.61. The number of carbonyl (C=O) groups excluding carboxylic acids is 1. The van der Waals surface area contributed by atoms with Crippen LogP contribution < -0.4 is 4.83 Å². The van der Waals surface area contributed by atoms with E-state index in [1.54, 1.807) is 11.9 Å². The van der Waals surface area contributed by atoms with E-state index in [4.69, 9.17) is 4.74 Å². The van der Waals surface area contributed by atoms with Crippen molar-refractivity contribution in [3.05, 3.63) is 34.6 Å². The number of ether oxygens (including phenoxy) is 1. The molecule has 1 unspecified atom stereocenters. The van der Waals surface area contributed by atoms with Gasteiger partial charge in [-0.1, -0.05) is 6.08 Å². The van der Waals surface area contributed by atoms with Crippen molar-refractivity contribution in [1.29, 1.82) is 0 Å². The Morgan fingerprint density at radius 1 is 1.68 bits per heavy atom. The van der Waals surface area contributed by atoms with Crippen molar-refractivity contribution in [3.63, 3.8) is 0 Å². The zero-order valence-electron chi connectivity index (χ0n) is 10.8. The monoisotopic (exact) mass is 344 g/mol. The third-order valence-electron chi connectivity index (χ3n) is 2.89. The lowest BCUT2D eigenvalue weighted by atomic mass is 9.99. The molecule has 1 heterocycles. The molecule has 1 aromatic heterocycles. The third kappa shape index (κ3) is 3.79. The zero-order valence-corrected chi connectivity index (χ0v) is 13.2. The molecular weight excluding hydrogens is 328 g/mol. The number of rotatable bonds is 5. The first-order valence-corrected chi connectivity index (χ1v) is 8.01. The molecular formula is C13H17BrN2O2S. The quantitative estimate of drug-likeness (QED) is 0.655. The van der Waals surface area contributed by atoms with Crippen LogP contribution >= 0.6 is 27.9 Å². The summed E-state index contributed by atoms with van der Waals surface area (Å²) in [6, 6.07) is 3.90. The number of halogens is 1. The summed E-state index contributed by atoms with van der Waals surface area (Å²) in [5.74, 6) is -0.187. The number of hydrogen-bond acceptors (Lipinski definition) is 4. The summed E-state index contributed by atoms with van der Waals surface area (Å²) in [6.07, 6.45) is 6.98. The smallest absolute Gasteiger partial charge is 0.334 e. The van der Waals surface area contributed by atoms with E-state index >= 15 is 0 Å². The first-order chi connectivity index (χ1) is 9.22. The molecule has 0 aromatic carbocycles. The van der Waals surface area contributed by atoms with Gasteiger partial charge >= 0.3 is 5.97 Å². The van der Waals surface area contributed by atoms with Crippen LogP contribution in [0.2, 0.25) is 0 Å². The Morgan fingerprint density at radius 3 is 3.21 bits per heavy atom. The number of aromatic nitrogens is 1. The van der Waals surface area contributed by atoms with Gasteiger partial charge in [-0.05, 0) is 66.2 Å². The fourth-order valence-electron chi connectivity index (χ4n) is 1.95. The van der Waals surface area contributed by atoms with Crippen molar-refractivity contribution in [1.82, 2.24) is 4.68 Å². The first kappa shape index (κ1) is 14.5. The van der Waals surface area contributed by atoms with Crippen LogP contribution in [0.5, 0.6) is 0 Å². The average Bonchev–Trinajstić information content (AvgIpc) is 2.82. The van der Waals surface area contributed by atoms with Gasteiger partial charge in [0, 0.05) is 11.8 Å². The van der Waals surface area contributed by atoms with Gasteiger partial charge in [-0.15, -0.1) is 0 Å². The lowest BCUT2D eigenvalue weighted by Gasteiger charge is -2.23. The van der Waals surface area contributed by atoms with Crippen molar-refractivity contribution in [2.24, 2.45) is 0 Å². The van der Waals surface area contributed by atoms with E-state index in [0.29, 0.717) is 6.61 Å². The molecule has 0 saturated carbocycles. The zero-order chi connectivity index (χ0) is 13.7. The second kappa shape index (κ2) is 7.05. The molecule has 2 rings (SSSR count). The summed E-state index contributed by atoms with van der Waals surface area (Å²) >= 11 is 4.99. The summed E-state index contributed by atoms with van der Waals surface area (Å²) in [4.78, 5) is 15.1. The van der Waals surface area contributed by atoms with Crippen LogP contribution in [0.1, 0.15) is 26.2 Å². The maximum absolute atomic E-state index is 11.9. The van der Waals surface area contributed by atoms with Crippen molar-refractivity contribution in [2.45, 2.75) is 31.4 Å². The van der Waals surface area contributed by atoms with Crippen molar-refractivity contribution < 1.29 is 9.53 Å². The van der Waals surface area contributed by atoms with E-state index in [1.807, 2.05) is 36.0 Å². The lowest BCUT2D eigenvalue weighted by molar-refractivity contribution is -0.138. The van der Waals surface area contributed by atoms with Gasteiger partial charge in [0.25, 0.3) is 0 Å². The van der Waals surface area contributed by atoms with Gasteiger partial charge < -0.3 is 4.74 Å². The van der Waals surface area contributed by atoms with E-state index < -0.39 is 0 Å². The number of nitrogens with zero attached hydrogens (tertiary/aromatic N) is 1. The maximum Gasteiger partial charge on any atom is 0.334 e. The molecule has 0 spiro atoms. The van der Waals surface area contributed by atoms with Crippen LogP contribution in [0.3, 0.4) is 0 Å². The first-order valence-electron chi connectivity index (χ1n) is 6.34. The standard InChI is InChI=1S/C13H17BrN2O2S/c1-2-18-13(17)10-6-3-4-7-11(10)19-15-16-9-5-8-12(16)14/h5-6,8-9,11,15H,2-4,7H2,1H3. The van der Waals surface area contributed by atoms with Gasteiger partial charge in [0.1, 0.15) is 4.60 Å². The molecule has 0 saturated heterocycles. The largest absolute Gasteiger partial charge is 0.463 e. The van der Waals surface area contributed by atoms with Gasteiger partial charge in [0.2, 0.25) is 0 Å². The number of carbonyl (C=O) groups is 1. The lowest BCUT2D eigenvalue weighted by Crippen LogP contribution is -2.23. The molecule has 0 fully saturated rings. The SMILES string of the molecule is CCOC(=O)C1=CCCCC1SNn1cccc1Br. The highest BCUT2D eigenvalue weighted by molar-refractivity contribution is 9.10. The van der Waals surface area contributed by atoms with E-state index in [9.17, 15) is 4.79 Å². The van der Waals surface area contributed by atoms with Crippen LogP contribution in [0.15, 0.2) is 34.6 Å². The highest BCUT2D eigenvalue weighted by atomic mass is 79.9. The molecule has 1 aromatic rings. The molecule has 6 heteroatoms. The predicted octanol–water partition coefficient (Wildman–Crippen LogP) is 3.48. The Labute approximate surface area is 125 Å². The molecule has 1 aliphatic rings. The minimum absolute atomic E-state index is 0.141. The molecule has 104 valence electrons. The number of allylic oxidation sites excluding steroid dienone is 1. The Kier molecular flexibility index (Phi) is 5.39. The summed E-state index contributed by atoms with van der Waals surface area (Å²) in [5, 5.41) is 0.141. The number of esters is 1. The van der Waals surface area contributed by atoms with E-state index in [-0.39, 0.29) is 11.2 Å². The van der Waals surface area contributed by atoms with Crippen LogP contribution in [0, 0.1) is 0 Å². The number of nitrogens with one attached hydrogen (secondary N) is 1. The summed E-state index contributed by atoms with van der Waals surface area (Å²) < 4.78 is 7.94. The number of hydrogen-bond donors (Lipinski definition) is 1. The van der Waals surface area contributed by atoms with Crippen molar-refractivity contribution >= 4 is 33.8 Å². The fraction of sp³-hybridized carbons (Fsp3) is 0.462. The minimum atomic E-state index is -0.187. The predicted molar refractivity (Wildman–Crippen MR) is 81.4 cm³/mol. The summed E-state index contributed by atoms with van der Waals surface area (Å²) in [6.45, 7) is 2.25. The molecule has 0 aliphatic heterocycles. The van der Waals surface area contributed by atoms with Crippen LogP contribution in [-0.4, -0.2) is 22.5 Å². The summed E-state index contributed by atoms with van der Waals surface area (Å²) in [7, 11) is 0. The maximum atomic E-state index is 11.9. The molecule has 0 bridgehead atoms. The van der Waals surface area contributed by atoms with Gasteiger partial charge in [-0.3, -0.25) is 9.51 Å². The molecule has 4 nitrogen and oxygen atoms in total. The topological polar surface area (TPSA) is 43.3 Å². The Bertz CT molecular complexity index is 473. The van der Waals surface area contributed by atoms with Crippen LogP contribution in [0.4, 0.5) is 0 Å². The molecule has 1 atom stereocenters. The normalized spacial score (nSPS) is 18.8. The molecule has 0 amide bonds. The van der Waals surface area contributed by atoms with Crippen molar-refractivity contribution in [3.8, 4) is 0 Å². The average molecular weight is 345 g/mol. The molecule has 1 aliphatic carbocycles. The van der Waals surface area contributed by atoms with Crippen LogP contribution in [-0.2, 0) is 9.53 Å². The van der Waals surface area contributed by atoms with Crippen LogP contribution in [0.25, 0.3) is 0 Å². The van der Waals surface area contributed by atoms with Gasteiger partial charge in [0.15, 0.2) is 0 Å². The molecule has 19 heavy (non-hydrogen) atoms. The Balaban J connectivity index is 1.97. The van der Waals surface area contributed by atoms with Gasteiger partial charge in [-0.25, -0.2) is 4.79 Å². The Hall–Kier alpha value is -0.880.